The van der Waals surface area contributed by atoms with Crippen LogP contribution in [0.1, 0.15) is 23.6 Å². The van der Waals surface area contributed by atoms with Gasteiger partial charge in [0.15, 0.2) is 11.5 Å². The Morgan fingerprint density at radius 1 is 0.943 bits per heavy atom. The van der Waals surface area contributed by atoms with Gasteiger partial charge < -0.3 is 9.47 Å². The number of ether oxygens (including phenoxy) is 2. The van der Waals surface area contributed by atoms with Gasteiger partial charge in [0.1, 0.15) is 6.54 Å². The van der Waals surface area contributed by atoms with Crippen molar-refractivity contribution in [1.29, 1.82) is 0 Å². The van der Waals surface area contributed by atoms with E-state index in [-0.39, 0.29) is 4.90 Å². The zero-order chi connectivity index (χ0) is 25.6. The number of carbonyl (C=O) groups is 1. The Morgan fingerprint density at radius 3 is 2.26 bits per heavy atom. The highest BCUT2D eigenvalue weighted by Crippen LogP contribution is 2.28. The third-order valence-electron chi connectivity index (χ3n) is 5.39. The number of carbonyl (C=O) groups excluding carboxylic acids is 1. The van der Waals surface area contributed by atoms with Crippen LogP contribution in [0, 0.1) is 13.8 Å². The number of rotatable bonds is 9. The lowest BCUT2D eigenvalue weighted by atomic mass is 10.1. The second kappa shape index (κ2) is 11.1. The second-order valence-electron chi connectivity index (χ2n) is 7.92. The predicted molar refractivity (Wildman–Crippen MR) is 137 cm³/mol. The first kappa shape index (κ1) is 25.8. The summed E-state index contributed by atoms with van der Waals surface area (Å²) in [7, 11) is -0.921. The lowest BCUT2D eigenvalue weighted by Crippen LogP contribution is -2.40. The van der Waals surface area contributed by atoms with Gasteiger partial charge in [-0.05, 0) is 62.7 Å². The Morgan fingerprint density at radius 2 is 1.63 bits per heavy atom. The fourth-order valence-electron chi connectivity index (χ4n) is 3.54. The molecule has 184 valence electrons. The van der Waals surface area contributed by atoms with E-state index in [1.807, 2.05) is 26.0 Å². The van der Waals surface area contributed by atoms with Gasteiger partial charge in [0.05, 0.1) is 30.5 Å². The molecule has 0 saturated heterocycles. The largest absolute Gasteiger partial charge is 0.493 e. The molecule has 9 heteroatoms. The van der Waals surface area contributed by atoms with Crippen LogP contribution in [-0.2, 0) is 14.8 Å². The maximum Gasteiger partial charge on any atom is 0.264 e. The summed E-state index contributed by atoms with van der Waals surface area (Å²) in [5.74, 6) is 0.522. The lowest BCUT2D eigenvalue weighted by molar-refractivity contribution is -0.119. The summed E-state index contributed by atoms with van der Waals surface area (Å²) in [4.78, 5) is 13.0. The van der Waals surface area contributed by atoms with E-state index in [0.717, 1.165) is 15.4 Å². The molecule has 0 radical (unpaired) electrons. The summed E-state index contributed by atoms with van der Waals surface area (Å²) in [6.07, 6.45) is 0. The smallest absolute Gasteiger partial charge is 0.264 e. The number of nitrogens with one attached hydrogen (secondary N) is 1. The number of amides is 1. The van der Waals surface area contributed by atoms with E-state index in [9.17, 15) is 13.2 Å². The van der Waals surface area contributed by atoms with Crippen LogP contribution in [-0.4, -0.2) is 40.8 Å². The van der Waals surface area contributed by atoms with Crippen LogP contribution in [0.4, 0.5) is 5.69 Å². The van der Waals surface area contributed by atoms with E-state index in [2.05, 4.69) is 10.5 Å². The number of sulfonamides is 1. The molecule has 3 rings (SSSR count). The maximum absolute atomic E-state index is 13.5. The molecule has 0 unspecified atom stereocenters. The topological polar surface area (TPSA) is 97.3 Å². The molecule has 35 heavy (non-hydrogen) atoms. The summed E-state index contributed by atoms with van der Waals surface area (Å²) >= 11 is 0. The van der Waals surface area contributed by atoms with Gasteiger partial charge in [0.2, 0.25) is 0 Å². The fraction of sp³-hybridized carbons (Fsp3) is 0.231. The van der Waals surface area contributed by atoms with Gasteiger partial charge in [-0.2, -0.15) is 5.10 Å². The Hall–Kier alpha value is -3.85. The SMILES string of the molecule is COc1ccc(C(C)=NNC(=O)CN(c2ccc(C)cc2C)S(=O)(=O)c2ccccc2)cc1OC. The Balaban J connectivity index is 1.88. The Kier molecular flexibility index (Phi) is 8.14. The Labute approximate surface area is 206 Å². The first-order chi connectivity index (χ1) is 16.7. The van der Waals surface area contributed by atoms with Gasteiger partial charge in [-0.3, -0.25) is 9.10 Å². The molecule has 3 aromatic rings. The molecule has 0 aliphatic heterocycles. The number of hydrogen-bond acceptors (Lipinski definition) is 6. The van der Waals surface area contributed by atoms with Crippen molar-refractivity contribution in [3.05, 3.63) is 83.4 Å². The molecule has 0 bridgehead atoms. The van der Waals surface area contributed by atoms with E-state index in [1.54, 1.807) is 56.5 Å². The second-order valence-corrected chi connectivity index (χ2v) is 9.78. The zero-order valence-electron chi connectivity index (χ0n) is 20.4. The molecule has 1 amide bonds. The van der Waals surface area contributed by atoms with Crippen LogP contribution in [0.25, 0.3) is 0 Å². The summed E-state index contributed by atoms with van der Waals surface area (Å²) in [5.41, 5.74) is 5.86. The third kappa shape index (κ3) is 5.99. The normalized spacial score (nSPS) is 11.6. The number of anilines is 1. The van der Waals surface area contributed by atoms with Crippen LogP contribution in [0.15, 0.2) is 76.7 Å². The van der Waals surface area contributed by atoms with Gasteiger partial charge in [-0.15, -0.1) is 0 Å². The minimum absolute atomic E-state index is 0.0952. The minimum atomic E-state index is -4.00. The maximum atomic E-state index is 13.5. The minimum Gasteiger partial charge on any atom is -0.493 e. The van der Waals surface area contributed by atoms with Gasteiger partial charge in [0.25, 0.3) is 15.9 Å². The highest BCUT2D eigenvalue weighted by atomic mass is 32.2. The average molecular weight is 496 g/mol. The number of hydrazone groups is 1. The molecule has 0 fully saturated rings. The first-order valence-corrected chi connectivity index (χ1v) is 12.3. The van der Waals surface area contributed by atoms with Crippen molar-refractivity contribution in [3.8, 4) is 11.5 Å². The summed E-state index contributed by atoms with van der Waals surface area (Å²) in [6.45, 7) is 5.02. The molecule has 0 aliphatic rings. The molecule has 0 saturated carbocycles. The van der Waals surface area contributed by atoms with Gasteiger partial charge >= 0.3 is 0 Å². The highest BCUT2D eigenvalue weighted by molar-refractivity contribution is 7.92. The molecule has 0 spiro atoms. The zero-order valence-corrected chi connectivity index (χ0v) is 21.2. The number of benzene rings is 3. The third-order valence-corrected chi connectivity index (χ3v) is 7.16. The van der Waals surface area contributed by atoms with Crippen LogP contribution >= 0.6 is 0 Å². The lowest BCUT2D eigenvalue weighted by Gasteiger charge is -2.25. The van der Waals surface area contributed by atoms with E-state index < -0.39 is 22.5 Å². The number of hydrogen-bond donors (Lipinski definition) is 1. The quantitative estimate of drug-likeness (QED) is 0.357. The summed E-state index contributed by atoms with van der Waals surface area (Å²) < 4.78 is 38.6. The van der Waals surface area contributed by atoms with Gasteiger partial charge in [-0.1, -0.05) is 35.9 Å². The molecule has 3 aromatic carbocycles. The van der Waals surface area contributed by atoms with E-state index in [4.69, 9.17) is 9.47 Å². The average Bonchev–Trinajstić information content (AvgIpc) is 2.86. The van der Waals surface area contributed by atoms with Crippen molar-refractivity contribution in [2.45, 2.75) is 25.7 Å². The molecule has 8 nitrogen and oxygen atoms in total. The van der Waals surface area contributed by atoms with Gasteiger partial charge in [-0.25, -0.2) is 13.8 Å². The molecular weight excluding hydrogens is 466 g/mol. The van der Waals surface area contributed by atoms with E-state index >= 15 is 0 Å². The van der Waals surface area contributed by atoms with Crippen molar-refractivity contribution in [3.63, 3.8) is 0 Å². The van der Waals surface area contributed by atoms with Crippen LogP contribution in [0.3, 0.4) is 0 Å². The summed E-state index contributed by atoms with van der Waals surface area (Å²) in [5, 5.41) is 4.16. The van der Waals surface area contributed by atoms with Gasteiger partial charge in [0, 0.05) is 5.56 Å². The number of nitrogens with zero attached hydrogens (tertiary/aromatic N) is 2. The van der Waals surface area contributed by atoms with Crippen LogP contribution in [0.5, 0.6) is 11.5 Å². The monoisotopic (exact) mass is 495 g/mol. The molecule has 0 heterocycles. The van der Waals surface area contributed by atoms with Crippen molar-refractivity contribution < 1.29 is 22.7 Å². The van der Waals surface area contributed by atoms with E-state index in [1.165, 1.54) is 19.2 Å². The number of methoxy groups -OCH3 is 2. The molecular formula is C26H29N3O5S. The summed E-state index contributed by atoms with van der Waals surface area (Å²) in [6, 6.07) is 18.7. The van der Waals surface area contributed by atoms with Crippen LogP contribution < -0.4 is 19.2 Å². The van der Waals surface area contributed by atoms with Crippen molar-refractivity contribution in [2.24, 2.45) is 5.10 Å². The van der Waals surface area contributed by atoms with Crippen molar-refractivity contribution in [2.75, 3.05) is 25.1 Å². The van der Waals surface area contributed by atoms with E-state index in [0.29, 0.717) is 28.5 Å². The first-order valence-electron chi connectivity index (χ1n) is 10.9. The Bertz CT molecular complexity index is 1340. The van der Waals surface area contributed by atoms with Crippen LogP contribution in [0.2, 0.25) is 0 Å². The number of aryl methyl sites for hydroxylation is 2. The molecule has 0 aromatic heterocycles. The van der Waals surface area contributed by atoms with Crippen molar-refractivity contribution in [1.82, 2.24) is 5.43 Å². The van der Waals surface area contributed by atoms with Crippen molar-refractivity contribution >= 4 is 27.3 Å². The standard InChI is InChI=1S/C26H29N3O5S/c1-18-11-13-23(19(2)15-18)29(35(31,32)22-9-7-6-8-10-22)17-26(30)28-27-20(3)21-12-14-24(33-4)25(16-21)34-5/h6-16H,17H2,1-5H3,(H,28,30). The highest BCUT2D eigenvalue weighted by Gasteiger charge is 2.28. The molecule has 0 aliphatic carbocycles. The molecule has 1 N–H and O–H groups in total. The predicted octanol–water partition coefficient (Wildman–Crippen LogP) is 4.06. The fourth-order valence-corrected chi connectivity index (χ4v) is 5.05. The molecule has 0 atom stereocenters.